The van der Waals surface area contributed by atoms with Gasteiger partial charge in [-0.3, -0.25) is 9.59 Å². The average molecular weight is 449 g/mol. The predicted octanol–water partition coefficient (Wildman–Crippen LogP) is 3.72. The number of rotatable bonds is 5. The van der Waals surface area contributed by atoms with Gasteiger partial charge in [0.1, 0.15) is 35.5 Å². The fraction of sp³-hybridized carbons (Fsp3) is 0.462. The Morgan fingerprint density at radius 2 is 2.03 bits per heavy atom. The highest BCUT2D eigenvalue weighted by Gasteiger charge is 2.42. The summed E-state index contributed by atoms with van der Waals surface area (Å²) in [5.41, 5.74) is 3.40. The maximum Gasteiger partial charge on any atom is 0.261 e. The van der Waals surface area contributed by atoms with Gasteiger partial charge in [0.05, 0.1) is 19.2 Å². The maximum atomic E-state index is 13.6. The lowest BCUT2D eigenvalue weighted by molar-refractivity contribution is -0.116. The van der Waals surface area contributed by atoms with Crippen molar-refractivity contribution in [1.82, 2.24) is 4.90 Å². The van der Waals surface area contributed by atoms with Crippen LogP contribution in [0.2, 0.25) is 0 Å². The maximum absolute atomic E-state index is 13.6. The SMILES string of the molecule is Cc1cc(OCC2CC2)c2c(c1)OC[C@H]1C[C@H](Oc3cccc4c3CCC(=O)N4)CN1C2=O. The molecule has 3 aliphatic heterocycles. The third-order valence-electron chi connectivity index (χ3n) is 6.97. The molecule has 2 aromatic rings. The van der Waals surface area contributed by atoms with Gasteiger partial charge < -0.3 is 24.4 Å². The number of aryl methyl sites for hydroxylation is 1. The van der Waals surface area contributed by atoms with Gasteiger partial charge in [-0.15, -0.1) is 0 Å². The van der Waals surface area contributed by atoms with Crippen molar-refractivity contribution in [3.8, 4) is 17.2 Å². The molecule has 1 saturated heterocycles. The van der Waals surface area contributed by atoms with E-state index < -0.39 is 0 Å². The fourth-order valence-electron chi connectivity index (χ4n) is 5.03. The van der Waals surface area contributed by atoms with Gasteiger partial charge in [-0.1, -0.05) is 6.07 Å². The van der Waals surface area contributed by atoms with Crippen LogP contribution in [-0.4, -0.2) is 48.6 Å². The molecule has 7 heteroatoms. The second kappa shape index (κ2) is 7.97. The van der Waals surface area contributed by atoms with Gasteiger partial charge in [-0.05, 0) is 61.9 Å². The van der Waals surface area contributed by atoms with Gasteiger partial charge in [0, 0.05) is 24.1 Å². The second-order valence-corrected chi connectivity index (χ2v) is 9.62. The van der Waals surface area contributed by atoms with Crippen LogP contribution < -0.4 is 19.5 Å². The fourth-order valence-corrected chi connectivity index (χ4v) is 5.03. The molecule has 172 valence electrons. The van der Waals surface area contributed by atoms with Crippen molar-refractivity contribution >= 4 is 17.5 Å². The van der Waals surface area contributed by atoms with Crippen LogP contribution in [0.4, 0.5) is 5.69 Å². The number of carbonyl (C=O) groups is 2. The number of carbonyl (C=O) groups excluding carboxylic acids is 2. The first kappa shape index (κ1) is 20.4. The van der Waals surface area contributed by atoms with Gasteiger partial charge in [0.15, 0.2) is 0 Å². The number of amides is 2. The zero-order chi connectivity index (χ0) is 22.5. The summed E-state index contributed by atoms with van der Waals surface area (Å²) in [7, 11) is 0. The number of hydrogen-bond donors (Lipinski definition) is 1. The molecular weight excluding hydrogens is 420 g/mol. The van der Waals surface area contributed by atoms with Gasteiger partial charge in [0.25, 0.3) is 5.91 Å². The van der Waals surface area contributed by atoms with Crippen LogP contribution in [0.25, 0.3) is 0 Å². The summed E-state index contributed by atoms with van der Waals surface area (Å²) in [6.45, 7) is 3.58. The van der Waals surface area contributed by atoms with E-state index in [9.17, 15) is 9.59 Å². The van der Waals surface area contributed by atoms with Crippen molar-refractivity contribution in [2.45, 2.75) is 51.2 Å². The Kier molecular flexibility index (Phi) is 4.93. The smallest absolute Gasteiger partial charge is 0.261 e. The van der Waals surface area contributed by atoms with Gasteiger partial charge >= 0.3 is 0 Å². The zero-order valence-electron chi connectivity index (χ0n) is 18.8. The van der Waals surface area contributed by atoms with Crippen LogP contribution in [0.15, 0.2) is 30.3 Å². The lowest BCUT2D eigenvalue weighted by Gasteiger charge is -2.23. The summed E-state index contributed by atoms with van der Waals surface area (Å²) in [6, 6.07) is 9.56. The summed E-state index contributed by atoms with van der Waals surface area (Å²) < 4.78 is 18.6. The van der Waals surface area contributed by atoms with Crippen LogP contribution >= 0.6 is 0 Å². The Hall–Kier alpha value is -3.22. The van der Waals surface area contributed by atoms with E-state index >= 15 is 0 Å². The molecule has 3 heterocycles. The lowest BCUT2D eigenvalue weighted by atomic mass is 10.0. The standard InChI is InChI=1S/C26H28N2O5/c1-15-9-22(31-13-16-5-6-16)25-23(10-15)32-14-17-11-18(12-28(17)26(25)30)33-21-4-2-3-20-19(21)7-8-24(29)27-20/h2-4,9-10,16-18H,5-8,11-14H2,1H3,(H,27,29)/t17-,18+/m1/s1. The second-order valence-electron chi connectivity index (χ2n) is 9.62. The molecule has 1 N–H and O–H groups in total. The molecule has 0 aromatic heterocycles. The number of hydrogen-bond acceptors (Lipinski definition) is 5. The summed E-state index contributed by atoms with van der Waals surface area (Å²) in [5.74, 6) is 2.61. The average Bonchev–Trinajstić information content (AvgIpc) is 3.56. The molecule has 0 radical (unpaired) electrons. The van der Waals surface area contributed by atoms with Crippen molar-refractivity contribution < 1.29 is 23.8 Å². The van der Waals surface area contributed by atoms with E-state index in [0.29, 0.717) is 62.0 Å². The highest BCUT2D eigenvalue weighted by Crippen LogP contribution is 2.39. The number of anilines is 1. The molecular formula is C26H28N2O5. The molecule has 1 aliphatic carbocycles. The topological polar surface area (TPSA) is 77.1 Å². The molecule has 7 nitrogen and oxygen atoms in total. The summed E-state index contributed by atoms with van der Waals surface area (Å²) >= 11 is 0. The van der Waals surface area contributed by atoms with Gasteiger partial charge in [-0.2, -0.15) is 0 Å². The summed E-state index contributed by atoms with van der Waals surface area (Å²) in [5, 5.41) is 2.92. The van der Waals surface area contributed by atoms with Gasteiger partial charge in [-0.25, -0.2) is 0 Å². The van der Waals surface area contributed by atoms with E-state index in [2.05, 4.69) is 5.32 Å². The van der Waals surface area contributed by atoms with Crippen LogP contribution in [0.3, 0.4) is 0 Å². The number of benzene rings is 2. The molecule has 4 aliphatic rings. The molecule has 33 heavy (non-hydrogen) atoms. The zero-order valence-corrected chi connectivity index (χ0v) is 18.8. The number of fused-ring (bicyclic) bond motifs is 3. The predicted molar refractivity (Wildman–Crippen MR) is 122 cm³/mol. The van der Waals surface area contributed by atoms with Crippen LogP contribution in [0, 0.1) is 12.8 Å². The van der Waals surface area contributed by atoms with Crippen molar-refractivity contribution in [1.29, 1.82) is 0 Å². The molecule has 6 rings (SSSR count). The molecule has 2 fully saturated rings. The third kappa shape index (κ3) is 3.90. The third-order valence-corrected chi connectivity index (χ3v) is 6.97. The van der Waals surface area contributed by atoms with Crippen molar-refractivity contribution in [2.75, 3.05) is 25.1 Å². The Bertz CT molecular complexity index is 1130. The first-order valence-corrected chi connectivity index (χ1v) is 11.8. The highest BCUT2D eigenvalue weighted by molar-refractivity contribution is 6.00. The van der Waals surface area contributed by atoms with Gasteiger partial charge in [0.2, 0.25) is 5.91 Å². The first-order valence-electron chi connectivity index (χ1n) is 11.8. The van der Waals surface area contributed by atoms with E-state index in [-0.39, 0.29) is 24.0 Å². The van der Waals surface area contributed by atoms with E-state index in [1.54, 1.807) is 0 Å². The van der Waals surface area contributed by atoms with E-state index in [4.69, 9.17) is 14.2 Å². The Labute approximate surface area is 193 Å². The molecule has 0 unspecified atom stereocenters. The number of ether oxygens (including phenoxy) is 3. The monoisotopic (exact) mass is 448 g/mol. The molecule has 0 spiro atoms. The molecule has 2 amide bonds. The lowest BCUT2D eigenvalue weighted by Crippen LogP contribution is -2.37. The Balaban J connectivity index is 1.23. The largest absolute Gasteiger partial charge is 0.492 e. The van der Waals surface area contributed by atoms with E-state index in [1.807, 2.05) is 42.2 Å². The first-order chi connectivity index (χ1) is 16.0. The number of nitrogens with one attached hydrogen (secondary N) is 1. The molecule has 1 saturated carbocycles. The van der Waals surface area contributed by atoms with Crippen molar-refractivity contribution in [3.05, 3.63) is 47.0 Å². The quantitative estimate of drug-likeness (QED) is 0.754. The minimum atomic E-state index is -0.130. The minimum Gasteiger partial charge on any atom is -0.492 e. The van der Waals surface area contributed by atoms with Crippen LogP contribution in [0.1, 0.15) is 47.2 Å². The number of nitrogens with zero attached hydrogens (tertiary/aromatic N) is 1. The van der Waals surface area contributed by atoms with Crippen LogP contribution in [-0.2, 0) is 11.2 Å². The van der Waals surface area contributed by atoms with E-state index in [1.165, 1.54) is 12.8 Å². The van der Waals surface area contributed by atoms with E-state index in [0.717, 1.165) is 22.6 Å². The molecule has 2 atom stereocenters. The Morgan fingerprint density at radius 1 is 1.15 bits per heavy atom. The van der Waals surface area contributed by atoms with Crippen LogP contribution in [0.5, 0.6) is 17.2 Å². The summed E-state index contributed by atoms with van der Waals surface area (Å²) in [6.07, 6.45) is 4.07. The highest BCUT2D eigenvalue weighted by atomic mass is 16.5. The summed E-state index contributed by atoms with van der Waals surface area (Å²) in [4.78, 5) is 27.3. The Morgan fingerprint density at radius 3 is 2.88 bits per heavy atom. The normalized spacial score (nSPS) is 23.6. The minimum absolute atomic E-state index is 0.0326. The molecule has 2 aromatic carbocycles. The van der Waals surface area contributed by atoms with Crippen molar-refractivity contribution in [2.24, 2.45) is 5.92 Å². The molecule has 0 bridgehead atoms. The van der Waals surface area contributed by atoms with Crippen molar-refractivity contribution in [3.63, 3.8) is 0 Å².